The highest BCUT2D eigenvalue weighted by Gasteiger charge is 2.08. The summed E-state index contributed by atoms with van der Waals surface area (Å²) in [7, 11) is 0. The molecule has 3 rings (SSSR count). The number of rotatable bonds is 2. The molecule has 0 aliphatic carbocycles. The molecule has 0 amide bonds. The van der Waals surface area contributed by atoms with E-state index in [9.17, 15) is 4.79 Å². The molecule has 0 spiro atoms. The van der Waals surface area contributed by atoms with E-state index in [-0.39, 0.29) is 5.56 Å². The topological polar surface area (TPSA) is 58.6 Å². The maximum absolute atomic E-state index is 11.7. The summed E-state index contributed by atoms with van der Waals surface area (Å²) in [5.74, 6) is 0. The van der Waals surface area contributed by atoms with Crippen LogP contribution in [0.25, 0.3) is 21.8 Å². The highest BCUT2D eigenvalue weighted by Crippen LogP contribution is 2.26. The molecule has 3 aromatic rings. The van der Waals surface area contributed by atoms with Crippen LogP contribution in [0.15, 0.2) is 53.0 Å². The summed E-state index contributed by atoms with van der Waals surface area (Å²) in [5, 5.41) is 2.77. The summed E-state index contributed by atoms with van der Waals surface area (Å²) >= 11 is 1.51. The van der Waals surface area contributed by atoms with Crippen LogP contribution in [-0.4, -0.2) is 15.0 Å². The number of aromatic nitrogens is 3. The maximum Gasteiger partial charge on any atom is 0.257 e. The molecule has 18 heavy (non-hydrogen) atoms. The minimum Gasteiger partial charge on any atom is -0.329 e. The Bertz CT molecular complexity index is 718. The van der Waals surface area contributed by atoms with Crippen LogP contribution in [0.4, 0.5) is 0 Å². The molecule has 4 nitrogen and oxygen atoms in total. The van der Waals surface area contributed by atoms with Gasteiger partial charge in [0, 0.05) is 29.5 Å². The van der Waals surface area contributed by atoms with Gasteiger partial charge in [-0.05, 0) is 24.3 Å². The number of hydrogen-bond donors (Lipinski definition) is 1. The largest absolute Gasteiger partial charge is 0.329 e. The second-order valence-electron chi connectivity index (χ2n) is 3.69. The van der Waals surface area contributed by atoms with E-state index < -0.39 is 0 Å². The van der Waals surface area contributed by atoms with Gasteiger partial charge in [-0.25, -0.2) is 4.98 Å². The van der Waals surface area contributed by atoms with Crippen molar-refractivity contribution in [1.82, 2.24) is 15.0 Å². The summed E-state index contributed by atoms with van der Waals surface area (Å²) in [6.45, 7) is 0. The summed E-state index contributed by atoms with van der Waals surface area (Å²) < 4.78 is 0. The van der Waals surface area contributed by atoms with Crippen molar-refractivity contribution in [3.8, 4) is 21.8 Å². The van der Waals surface area contributed by atoms with E-state index in [4.69, 9.17) is 0 Å². The Morgan fingerprint density at radius 1 is 1.17 bits per heavy atom. The van der Waals surface area contributed by atoms with Crippen molar-refractivity contribution < 1.29 is 0 Å². The predicted molar refractivity (Wildman–Crippen MR) is 71.4 cm³/mol. The standard InChI is InChI=1S/C13H9N3OS/c17-12-10(2-1-5-15-12)11-8-18-13(16-11)9-3-6-14-7-4-9/h1-8H,(H,15,17). The summed E-state index contributed by atoms with van der Waals surface area (Å²) in [6, 6.07) is 7.36. The van der Waals surface area contributed by atoms with Gasteiger partial charge in [0.25, 0.3) is 5.56 Å². The van der Waals surface area contributed by atoms with E-state index in [1.54, 1.807) is 30.7 Å². The van der Waals surface area contributed by atoms with Gasteiger partial charge < -0.3 is 4.98 Å². The molecule has 0 radical (unpaired) electrons. The van der Waals surface area contributed by atoms with Crippen molar-refractivity contribution in [3.63, 3.8) is 0 Å². The third-order valence-electron chi connectivity index (χ3n) is 2.53. The molecule has 88 valence electrons. The zero-order chi connectivity index (χ0) is 12.4. The van der Waals surface area contributed by atoms with Crippen molar-refractivity contribution in [2.24, 2.45) is 0 Å². The van der Waals surface area contributed by atoms with Gasteiger partial charge in [-0.3, -0.25) is 9.78 Å². The smallest absolute Gasteiger partial charge is 0.257 e. The first-order chi connectivity index (χ1) is 8.84. The average Bonchev–Trinajstić information content (AvgIpc) is 2.90. The lowest BCUT2D eigenvalue weighted by Crippen LogP contribution is -2.06. The second kappa shape index (κ2) is 4.54. The fourth-order valence-corrected chi connectivity index (χ4v) is 2.47. The Morgan fingerprint density at radius 3 is 2.78 bits per heavy atom. The third kappa shape index (κ3) is 1.96. The van der Waals surface area contributed by atoms with Gasteiger partial charge in [0.2, 0.25) is 0 Å². The number of thiazole rings is 1. The molecular formula is C13H9N3OS. The van der Waals surface area contributed by atoms with Gasteiger partial charge in [0.05, 0.1) is 11.3 Å². The molecule has 3 heterocycles. The molecule has 0 saturated carbocycles. The zero-order valence-corrected chi connectivity index (χ0v) is 10.1. The Balaban J connectivity index is 2.06. The number of aromatic amines is 1. The Hall–Kier alpha value is -2.27. The fourth-order valence-electron chi connectivity index (χ4n) is 1.65. The van der Waals surface area contributed by atoms with Gasteiger partial charge in [-0.15, -0.1) is 11.3 Å². The van der Waals surface area contributed by atoms with E-state index in [1.807, 2.05) is 17.5 Å². The lowest BCUT2D eigenvalue weighted by Gasteiger charge is -1.95. The number of hydrogen-bond acceptors (Lipinski definition) is 4. The van der Waals surface area contributed by atoms with Crippen LogP contribution < -0.4 is 5.56 Å². The number of pyridine rings is 2. The van der Waals surface area contributed by atoms with Crippen LogP contribution in [-0.2, 0) is 0 Å². The molecule has 0 aliphatic heterocycles. The van der Waals surface area contributed by atoms with Crippen molar-refractivity contribution in [2.75, 3.05) is 0 Å². The Morgan fingerprint density at radius 2 is 2.00 bits per heavy atom. The molecule has 0 atom stereocenters. The van der Waals surface area contributed by atoms with Gasteiger partial charge in [0.15, 0.2) is 0 Å². The summed E-state index contributed by atoms with van der Waals surface area (Å²) in [5.41, 5.74) is 2.18. The molecular weight excluding hydrogens is 246 g/mol. The first-order valence-corrected chi connectivity index (χ1v) is 6.26. The van der Waals surface area contributed by atoms with Crippen LogP contribution in [0.1, 0.15) is 0 Å². The number of nitrogens with zero attached hydrogens (tertiary/aromatic N) is 2. The normalized spacial score (nSPS) is 10.4. The SMILES string of the molecule is O=c1[nH]cccc1-c1csc(-c2ccncc2)n1. The van der Waals surface area contributed by atoms with Crippen molar-refractivity contribution in [1.29, 1.82) is 0 Å². The molecule has 3 aromatic heterocycles. The van der Waals surface area contributed by atoms with Crippen molar-refractivity contribution in [2.45, 2.75) is 0 Å². The van der Waals surface area contributed by atoms with Crippen molar-refractivity contribution in [3.05, 3.63) is 58.6 Å². The molecule has 5 heteroatoms. The molecule has 0 aromatic carbocycles. The predicted octanol–water partition coefficient (Wildman–Crippen LogP) is 2.56. The first-order valence-electron chi connectivity index (χ1n) is 5.38. The van der Waals surface area contributed by atoms with Crippen LogP contribution in [0.2, 0.25) is 0 Å². The van der Waals surface area contributed by atoms with E-state index in [0.29, 0.717) is 11.3 Å². The van der Waals surface area contributed by atoms with Gasteiger partial charge >= 0.3 is 0 Å². The van der Waals surface area contributed by atoms with Gasteiger partial charge in [-0.1, -0.05) is 0 Å². The highest BCUT2D eigenvalue weighted by molar-refractivity contribution is 7.13. The van der Waals surface area contributed by atoms with E-state index in [0.717, 1.165) is 10.6 Å². The minimum absolute atomic E-state index is 0.121. The second-order valence-corrected chi connectivity index (χ2v) is 4.54. The van der Waals surface area contributed by atoms with Gasteiger partial charge in [0.1, 0.15) is 5.01 Å². The zero-order valence-electron chi connectivity index (χ0n) is 9.33. The fraction of sp³-hybridized carbons (Fsp3) is 0. The molecule has 0 bridgehead atoms. The number of nitrogens with one attached hydrogen (secondary N) is 1. The van der Waals surface area contributed by atoms with Crippen LogP contribution in [0.5, 0.6) is 0 Å². The van der Waals surface area contributed by atoms with Crippen LogP contribution in [0.3, 0.4) is 0 Å². The van der Waals surface area contributed by atoms with Gasteiger partial charge in [-0.2, -0.15) is 0 Å². The molecule has 0 saturated heterocycles. The third-order valence-corrected chi connectivity index (χ3v) is 3.42. The van der Waals surface area contributed by atoms with Crippen molar-refractivity contribution >= 4 is 11.3 Å². The minimum atomic E-state index is -0.121. The molecule has 1 N–H and O–H groups in total. The monoisotopic (exact) mass is 255 g/mol. The molecule has 0 unspecified atom stereocenters. The average molecular weight is 255 g/mol. The summed E-state index contributed by atoms with van der Waals surface area (Å²) in [4.78, 5) is 22.8. The highest BCUT2D eigenvalue weighted by atomic mass is 32.1. The lowest BCUT2D eigenvalue weighted by atomic mass is 10.2. The van der Waals surface area contributed by atoms with Crippen LogP contribution in [0, 0.1) is 0 Å². The van der Waals surface area contributed by atoms with E-state index >= 15 is 0 Å². The summed E-state index contributed by atoms with van der Waals surface area (Å²) in [6.07, 6.45) is 5.07. The maximum atomic E-state index is 11.7. The Kier molecular flexibility index (Phi) is 2.74. The quantitative estimate of drug-likeness (QED) is 0.765. The first kappa shape index (κ1) is 10.9. The Labute approximate surface area is 107 Å². The molecule has 0 aliphatic rings. The lowest BCUT2D eigenvalue weighted by molar-refractivity contribution is 1.23. The molecule has 0 fully saturated rings. The van der Waals surface area contributed by atoms with Crippen LogP contribution >= 0.6 is 11.3 Å². The van der Waals surface area contributed by atoms with E-state index in [1.165, 1.54) is 11.3 Å². The number of H-pyrrole nitrogens is 1. The van der Waals surface area contributed by atoms with E-state index in [2.05, 4.69) is 15.0 Å².